The summed E-state index contributed by atoms with van der Waals surface area (Å²) in [5.74, 6) is 0. The van der Waals surface area contributed by atoms with Gasteiger partial charge in [-0.15, -0.1) is 0 Å². The summed E-state index contributed by atoms with van der Waals surface area (Å²) in [6.07, 6.45) is 2.11. The lowest BCUT2D eigenvalue weighted by atomic mass is 9.96. The molecule has 90 valence electrons. The maximum Gasteiger partial charge on any atom is 0.324 e. The van der Waals surface area contributed by atoms with Crippen LogP contribution in [0.25, 0.3) is 0 Å². The molecule has 1 heterocycles. The summed E-state index contributed by atoms with van der Waals surface area (Å²) in [5, 5.41) is 14.2. The van der Waals surface area contributed by atoms with Crippen molar-refractivity contribution < 1.29 is 4.92 Å². The first kappa shape index (κ1) is 13.1. The van der Waals surface area contributed by atoms with Gasteiger partial charge in [0.05, 0.1) is 4.92 Å². The van der Waals surface area contributed by atoms with Crippen molar-refractivity contribution in [2.75, 3.05) is 0 Å². The van der Waals surface area contributed by atoms with Crippen LogP contribution in [0.5, 0.6) is 0 Å². The van der Waals surface area contributed by atoms with Gasteiger partial charge >= 0.3 is 5.00 Å². The molecule has 1 aromatic rings. The van der Waals surface area contributed by atoms with Gasteiger partial charge < -0.3 is 5.32 Å². The SMILES string of the molecule is CCC(C)(CC)NCc1ccc([N+](=O)[O-])s1. The van der Waals surface area contributed by atoms with Crippen molar-refractivity contribution in [2.24, 2.45) is 0 Å². The molecule has 1 rings (SSSR count). The Morgan fingerprint density at radius 3 is 2.50 bits per heavy atom. The number of rotatable bonds is 6. The van der Waals surface area contributed by atoms with Gasteiger partial charge in [0.15, 0.2) is 0 Å². The zero-order chi connectivity index (χ0) is 12.2. The molecule has 0 unspecified atom stereocenters. The fourth-order valence-corrected chi connectivity index (χ4v) is 2.12. The minimum absolute atomic E-state index is 0.124. The first-order valence-corrected chi connectivity index (χ1v) is 6.30. The van der Waals surface area contributed by atoms with E-state index in [2.05, 4.69) is 26.1 Å². The zero-order valence-corrected chi connectivity index (χ0v) is 10.8. The minimum atomic E-state index is -0.340. The highest BCUT2D eigenvalue weighted by molar-refractivity contribution is 7.15. The van der Waals surface area contributed by atoms with Crippen LogP contribution in [0.4, 0.5) is 5.00 Å². The van der Waals surface area contributed by atoms with Crippen molar-refractivity contribution in [3.05, 3.63) is 27.1 Å². The molecule has 16 heavy (non-hydrogen) atoms. The van der Waals surface area contributed by atoms with Gasteiger partial charge in [-0.2, -0.15) is 0 Å². The summed E-state index contributed by atoms with van der Waals surface area (Å²) in [6, 6.07) is 3.39. The Kier molecular flexibility index (Phi) is 4.44. The summed E-state index contributed by atoms with van der Waals surface area (Å²) in [5.41, 5.74) is 0.124. The third-order valence-corrected chi connectivity index (χ3v) is 4.11. The Hall–Kier alpha value is -0.940. The molecule has 0 aliphatic heterocycles. The van der Waals surface area contributed by atoms with Crippen LogP contribution in [0.2, 0.25) is 0 Å². The third kappa shape index (κ3) is 3.28. The van der Waals surface area contributed by atoms with E-state index in [-0.39, 0.29) is 15.5 Å². The number of thiophene rings is 1. The molecule has 0 aliphatic carbocycles. The first-order valence-electron chi connectivity index (χ1n) is 5.49. The van der Waals surface area contributed by atoms with E-state index in [1.54, 1.807) is 6.07 Å². The fraction of sp³-hybridized carbons (Fsp3) is 0.636. The number of hydrogen-bond donors (Lipinski definition) is 1. The van der Waals surface area contributed by atoms with E-state index in [0.717, 1.165) is 17.7 Å². The van der Waals surface area contributed by atoms with Gasteiger partial charge in [0.25, 0.3) is 0 Å². The van der Waals surface area contributed by atoms with Gasteiger partial charge in [-0.25, -0.2) is 0 Å². The Balaban J connectivity index is 2.57. The van der Waals surface area contributed by atoms with E-state index in [1.807, 2.05) is 6.07 Å². The van der Waals surface area contributed by atoms with Crippen LogP contribution in [0.1, 0.15) is 38.5 Å². The minimum Gasteiger partial charge on any atom is -0.307 e. The van der Waals surface area contributed by atoms with Crippen LogP contribution in [0, 0.1) is 10.1 Å². The number of nitrogens with one attached hydrogen (secondary N) is 1. The predicted octanol–water partition coefficient (Wildman–Crippen LogP) is 3.32. The monoisotopic (exact) mass is 242 g/mol. The van der Waals surface area contributed by atoms with Crippen molar-refractivity contribution >= 4 is 16.3 Å². The smallest absolute Gasteiger partial charge is 0.307 e. The van der Waals surface area contributed by atoms with E-state index >= 15 is 0 Å². The quantitative estimate of drug-likeness (QED) is 0.615. The molecule has 0 saturated carbocycles. The molecule has 0 radical (unpaired) electrons. The highest BCUT2D eigenvalue weighted by Gasteiger charge is 2.19. The Morgan fingerprint density at radius 1 is 1.44 bits per heavy atom. The van der Waals surface area contributed by atoms with E-state index in [4.69, 9.17) is 0 Å². The molecular formula is C11H18N2O2S. The second kappa shape index (κ2) is 5.41. The van der Waals surface area contributed by atoms with Crippen LogP contribution in [-0.2, 0) is 6.54 Å². The molecule has 0 aliphatic rings. The lowest BCUT2D eigenvalue weighted by Crippen LogP contribution is -2.40. The molecule has 1 N–H and O–H groups in total. The summed E-state index contributed by atoms with van der Waals surface area (Å²) in [4.78, 5) is 11.2. The molecule has 0 atom stereocenters. The van der Waals surface area contributed by atoms with E-state index in [9.17, 15) is 10.1 Å². The molecule has 4 nitrogen and oxygen atoms in total. The number of nitrogens with zero attached hydrogens (tertiary/aromatic N) is 1. The Morgan fingerprint density at radius 2 is 2.06 bits per heavy atom. The second-order valence-corrected chi connectivity index (χ2v) is 5.27. The van der Waals surface area contributed by atoms with Crippen LogP contribution >= 0.6 is 11.3 Å². The van der Waals surface area contributed by atoms with Crippen LogP contribution < -0.4 is 5.32 Å². The average molecular weight is 242 g/mol. The predicted molar refractivity (Wildman–Crippen MR) is 66.8 cm³/mol. The summed E-state index contributed by atoms with van der Waals surface area (Å²) >= 11 is 1.24. The highest BCUT2D eigenvalue weighted by Crippen LogP contribution is 2.24. The maximum atomic E-state index is 10.5. The van der Waals surface area contributed by atoms with Crippen molar-refractivity contribution in [2.45, 2.75) is 45.7 Å². The van der Waals surface area contributed by atoms with Crippen LogP contribution in [-0.4, -0.2) is 10.5 Å². The third-order valence-electron chi connectivity index (χ3n) is 3.08. The van der Waals surface area contributed by atoms with Crippen LogP contribution in [0.15, 0.2) is 12.1 Å². The highest BCUT2D eigenvalue weighted by atomic mass is 32.1. The fourth-order valence-electron chi connectivity index (χ4n) is 1.36. The number of hydrogen-bond acceptors (Lipinski definition) is 4. The molecule has 0 bridgehead atoms. The summed E-state index contributed by atoms with van der Waals surface area (Å²) in [6.45, 7) is 7.17. The van der Waals surface area contributed by atoms with Crippen molar-refractivity contribution in [1.82, 2.24) is 5.32 Å². The van der Waals surface area contributed by atoms with E-state index in [0.29, 0.717) is 6.54 Å². The van der Waals surface area contributed by atoms with Gasteiger partial charge in [-0.3, -0.25) is 10.1 Å². The zero-order valence-electron chi connectivity index (χ0n) is 9.95. The Labute approximate surface area is 99.8 Å². The Bertz CT molecular complexity index is 359. The topological polar surface area (TPSA) is 55.2 Å². The maximum absolute atomic E-state index is 10.5. The van der Waals surface area contributed by atoms with E-state index in [1.165, 1.54) is 11.3 Å². The molecule has 0 saturated heterocycles. The van der Waals surface area contributed by atoms with Crippen LogP contribution in [0.3, 0.4) is 0 Å². The van der Waals surface area contributed by atoms with Crippen molar-refractivity contribution in [3.63, 3.8) is 0 Å². The van der Waals surface area contributed by atoms with Crippen molar-refractivity contribution in [3.8, 4) is 0 Å². The summed E-state index contributed by atoms with van der Waals surface area (Å²) in [7, 11) is 0. The molecule has 0 spiro atoms. The number of nitro groups is 1. The molecular weight excluding hydrogens is 224 g/mol. The average Bonchev–Trinajstić information content (AvgIpc) is 2.75. The normalized spacial score (nSPS) is 11.7. The molecule has 1 aromatic heterocycles. The van der Waals surface area contributed by atoms with Gasteiger partial charge in [0.1, 0.15) is 0 Å². The standard InChI is InChI=1S/C11H18N2O2S/c1-4-11(3,5-2)12-8-9-6-7-10(16-9)13(14)15/h6-7,12H,4-5,8H2,1-3H3. The van der Waals surface area contributed by atoms with Gasteiger partial charge in [-0.05, 0) is 25.8 Å². The largest absolute Gasteiger partial charge is 0.324 e. The lowest BCUT2D eigenvalue weighted by molar-refractivity contribution is -0.380. The molecule has 0 aromatic carbocycles. The van der Waals surface area contributed by atoms with Crippen molar-refractivity contribution in [1.29, 1.82) is 0 Å². The molecule has 5 heteroatoms. The lowest BCUT2D eigenvalue weighted by Gasteiger charge is -2.28. The van der Waals surface area contributed by atoms with E-state index < -0.39 is 0 Å². The summed E-state index contributed by atoms with van der Waals surface area (Å²) < 4.78 is 0. The second-order valence-electron chi connectivity index (χ2n) is 4.12. The molecule has 0 amide bonds. The molecule has 0 fully saturated rings. The first-order chi connectivity index (χ1) is 7.50. The van der Waals surface area contributed by atoms with Gasteiger partial charge in [0.2, 0.25) is 0 Å². The van der Waals surface area contributed by atoms with Gasteiger partial charge in [0, 0.05) is 23.0 Å². The van der Waals surface area contributed by atoms with Gasteiger partial charge in [-0.1, -0.05) is 25.2 Å².